The SMILES string of the molecule is Cl.Nc1ccc(CC(=O)NCC2CCCO2)nc1. The highest BCUT2D eigenvalue weighted by Crippen LogP contribution is 2.10. The van der Waals surface area contributed by atoms with E-state index in [1.165, 1.54) is 0 Å². The number of rotatable bonds is 4. The van der Waals surface area contributed by atoms with Crippen LogP contribution in [0, 0.1) is 0 Å². The van der Waals surface area contributed by atoms with Gasteiger partial charge in [-0.3, -0.25) is 9.78 Å². The van der Waals surface area contributed by atoms with E-state index in [0.29, 0.717) is 12.2 Å². The van der Waals surface area contributed by atoms with Gasteiger partial charge in [-0.2, -0.15) is 0 Å². The van der Waals surface area contributed by atoms with Crippen LogP contribution >= 0.6 is 12.4 Å². The molecule has 0 aromatic carbocycles. The molecule has 1 aromatic rings. The summed E-state index contributed by atoms with van der Waals surface area (Å²) < 4.78 is 5.42. The lowest BCUT2D eigenvalue weighted by Gasteiger charge is -2.10. The minimum Gasteiger partial charge on any atom is -0.397 e. The van der Waals surface area contributed by atoms with Crippen LogP contribution in [0.5, 0.6) is 0 Å². The first-order chi connectivity index (χ1) is 8.24. The Morgan fingerprint density at radius 3 is 3.00 bits per heavy atom. The third-order valence-electron chi connectivity index (χ3n) is 2.74. The average Bonchev–Trinajstić information content (AvgIpc) is 2.83. The predicted octanol–water partition coefficient (Wildman–Crippen LogP) is 0.923. The van der Waals surface area contributed by atoms with Crippen molar-refractivity contribution in [1.29, 1.82) is 0 Å². The molecule has 1 fully saturated rings. The average molecular weight is 272 g/mol. The lowest BCUT2D eigenvalue weighted by atomic mass is 10.2. The zero-order chi connectivity index (χ0) is 12.1. The predicted molar refractivity (Wildman–Crippen MR) is 71.6 cm³/mol. The zero-order valence-corrected chi connectivity index (χ0v) is 10.9. The largest absolute Gasteiger partial charge is 0.397 e. The first-order valence-corrected chi connectivity index (χ1v) is 5.83. The monoisotopic (exact) mass is 271 g/mol. The van der Waals surface area contributed by atoms with Crippen LogP contribution in [0.2, 0.25) is 0 Å². The minimum absolute atomic E-state index is 0. The van der Waals surface area contributed by atoms with Crippen molar-refractivity contribution in [2.75, 3.05) is 18.9 Å². The van der Waals surface area contributed by atoms with Crippen LogP contribution in [0.15, 0.2) is 18.3 Å². The summed E-state index contributed by atoms with van der Waals surface area (Å²) in [6, 6.07) is 3.51. The molecule has 0 bridgehead atoms. The van der Waals surface area contributed by atoms with E-state index in [1.54, 1.807) is 18.3 Å². The number of anilines is 1. The quantitative estimate of drug-likeness (QED) is 0.854. The van der Waals surface area contributed by atoms with E-state index in [9.17, 15) is 4.79 Å². The van der Waals surface area contributed by atoms with Crippen LogP contribution in [0.4, 0.5) is 5.69 Å². The molecule has 2 heterocycles. The van der Waals surface area contributed by atoms with Gasteiger partial charge in [0.25, 0.3) is 0 Å². The van der Waals surface area contributed by atoms with Gasteiger partial charge in [-0.25, -0.2) is 0 Å². The summed E-state index contributed by atoms with van der Waals surface area (Å²) in [5.41, 5.74) is 6.85. The van der Waals surface area contributed by atoms with Gasteiger partial charge in [0.15, 0.2) is 0 Å². The molecule has 1 aliphatic rings. The van der Waals surface area contributed by atoms with Crippen LogP contribution in [0.1, 0.15) is 18.5 Å². The maximum absolute atomic E-state index is 11.6. The van der Waals surface area contributed by atoms with Crippen LogP contribution in [-0.2, 0) is 16.0 Å². The number of pyridine rings is 1. The van der Waals surface area contributed by atoms with Gasteiger partial charge in [0.1, 0.15) is 0 Å². The Labute approximate surface area is 113 Å². The maximum Gasteiger partial charge on any atom is 0.226 e. The fraction of sp³-hybridized carbons (Fsp3) is 0.500. The van der Waals surface area contributed by atoms with E-state index in [4.69, 9.17) is 10.5 Å². The zero-order valence-electron chi connectivity index (χ0n) is 10.1. The van der Waals surface area contributed by atoms with Gasteiger partial charge in [-0.05, 0) is 25.0 Å². The van der Waals surface area contributed by atoms with Crippen LogP contribution < -0.4 is 11.1 Å². The lowest BCUT2D eigenvalue weighted by Crippen LogP contribution is -2.32. The summed E-state index contributed by atoms with van der Waals surface area (Å²) in [4.78, 5) is 15.7. The van der Waals surface area contributed by atoms with E-state index in [1.807, 2.05) is 0 Å². The molecule has 0 spiro atoms. The van der Waals surface area contributed by atoms with Crippen LogP contribution in [0.3, 0.4) is 0 Å². The van der Waals surface area contributed by atoms with Crippen molar-refractivity contribution in [3.63, 3.8) is 0 Å². The third-order valence-corrected chi connectivity index (χ3v) is 2.74. The molecular formula is C12H18ClN3O2. The molecule has 1 atom stereocenters. The fourth-order valence-corrected chi connectivity index (χ4v) is 1.80. The second-order valence-electron chi connectivity index (χ2n) is 4.20. The number of nitrogens with one attached hydrogen (secondary N) is 1. The Bertz CT molecular complexity index is 377. The van der Waals surface area contributed by atoms with Gasteiger partial charge in [-0.15, -0.1) is 12.4 Å². The van der Waals surface area contributed by atoms with E-state index >= 15 is 0 Å². The Kier molecular flexibility index (Phi) is 5.88. The summed E-state index contributed by atoms with van der Waals surface area (Å²) >= 11 is 0. The summed E-state index contributed by atoms with van der Waals surface area (Å²) in [6.07, 6.45) is 4.13. The molecule has 3 N–H and O–H groups in total. The number of carbonyl (C=O) groups is 1. The second-order valence-corrected chi connectivity index (χ2v) is 4.20. The Morgan fingerprint density at radius 1 is 1.56 bits per heavy atom. The summed E-state index contributed by atoms with van der Waals surface area (Å²) in [5.74, 6) is -0.0298. The molecular weight excluding hydrogens is 254 g/mol. The van der Waals surface area contributed by atoms with Crippen molar-refractivity contribution in [3.05, 3.63) is 24.0 Å². The molecule has 1 amide bonds. The first kappa shape index (κ1) is 14.7. The van der Waals surface area contributed by atoms with Crippen molar-refractivity contribution < 1.29 is 9.53 Å². The van der Waals surface area contributed by atoms with Gasteiger partial charge in [0.2, 0.25) is 5.91 Å². The topological polar surface area (TPSA) is 77.2 Å². The number of amides is 1. The van der Waals surface area contributed by atoms with Gasteiger partial charge in [0, 0.05) is 18.8 Å². The van der Waals surface area contributed by atoms with E-state index in [2.05, 4.69) is 10.3 Å². The van der Waals surface area contributed by atoms with E-state index < -0.39 is 0 Å². The Balaban J connectivity index is 0.00000162. The van der Waals surface area contributed by atoms with Gasteiger partial charge in [0.05, 0.1) is 24.4 Å². The van der Waals surface area contributed by atoms with E-state index in [-0.39, 0.29) is 30.8 Å². The summed E-state index contributed by atoms with van der Waals surface area (Å²) in [5, 5.41) is 2.85. The number of carbonyl (C=O) groups excluding carboxylic acids is 1. The lowest BCUT2D eigenvalue weighted by molar-refractivity contribution is -0.121. The van der Waals surface area contributed by atoms with Crippen LogP contribution in [-0.4, -0.2) is 30.1 Å². The van der Waals surface area contributed by atoms with Gasteiger partial charge in [-0.1, -0.05) is 0 Å². The number of aromatic nitrogens is 1. The van der Waals surface area contributed by atoms with Crippen molar-refractivity contribution in [2.24, 2.45) is 0 Å². The minimum atomic E-state index is -0.0298. The molecule has 100 valence electrons. The number of nitrogen functional groups attached to an aromatic ring is 1. The number of hydrogen-bond acceptors (Lipinski definition) is 4. The normalized spacial score (nSPS) is 18.1. The smallest absolute Gasteiger partial charge is 0.226 e. The molecule has 6 heteroatoms. The maximum atomic E-state index is 11.6. The van der Waals surface area contributed by atoms with Crippen molar-refractivity contribution in [1.82, 2.24) is 10.3 Å². The molecule has 1 saturated heterocycles. The highest BCUT2D eigenvalue weighted by atomic mass is 35.5. The summed E-state index contributed by atoms with van der Waals surface area (Å²) in [7, 11) is 0. The number of hydrogen-bond donors (Lipinski definition) is 2. The molecule has 5 nitrogen and oxygen atoms in total. The van der Waals surface area contributed by atoms with Crippen molar-refractivity contribution in [3.8, 4) is 0 Å². The molecule has 0 aliphatic carbocycles. The molecule has 0 radical (unpaired) electrons. The van der Waals surface area contributed by atoms with Crippen molar-refractivity contribution in [2.45, 2.75) is 25.4 Å². The highest BCUT2D eigenvalue weighted by Gasteiger charge is 2.16. The first-order valence-electron chi connectivity index (χ1n) is 5.83. The number of halogens is 1. The van der Waals surface area contributed by atoms with Crippen LogP contribution in [0.25, 0.3) is 0 Å². The fourth-order valence-electron chi connectivity index (χ4n) is 1.80. The van der Waals surface area contributed by atoms with E-state index in [0.717, 1.165) is 25.1 Å². The standard InChI is InChI=1S/C12H17N3O2.ClH/c13-9-3-4-10(14-7-9)6-12(16)15-8-11-2-1-5-17-11;/h3-4,7,11H,1-2,5-6,8,13H2,(H,15,16);1H. The number of ether oxygens (including phenoxy) is 1. The molecule has 0 saturated carbocycles. The Hall–Kier alpha value is -1.33. The van der Waals surface area contributed by atoms with Gasteiger partial charge < -0.3 is 15.8 Å². The molecule has 1 aliphatic heterocycles. The van der Waals surface area contributed by atoms with Crippen molar-refractivity contribution >= 4 is 24.0 Å². The molecule has 2 rings (SSSR count). The third kappa shape index (κ3) is 4.50. The molecule has 18 heavy (non-hydrogen) atoms. The molecule has 1 aromatic heterocycles. The Morgan fingerprint density at radius 2 is 2.39 bits per heavy atom. The highest BCUT2D eigenvalue weighted by molar-refractivity contribution is 5.85. The van der Waals surface area contributed by atoms with Gasteiger partial charge >= 0.3 is 0 Å². The summed E-state index contributed by atoms with van der Waals surface area (Å²) in [6.45, 7) is 1.40. The second kappa shape index (κ2) is 7.18. The number of nitrogens with two attached hydrogens (primary N) is 1. The molecule has 1 unspecified atom stereocenters. The number of nitrogens with zero attached hydrogens (tertiary/aromatic N) is 1.